The lowest BCUT2D eigenvalue weighted by molar-refractivity contribution is 0.660. The highest BCUT2D eigenvalue weighted by Gasteiger charge is 2.36. The first kappa shape index (κ1) is 37.6. The van der Waals surface area contributed by atoms with Crippen molar-refractivity contribution in [3.63, 3.8) is 0 Å². The molecule has 10 rings (SSSR count). The van der Waals surface area contributed by atoms with Gasteiger partial charge in [-0.1, -0.05) is 226 Å². The van der Waals surface area contributed by atoms with Crippen LogP contribution in [0.5, 0.6) is 0 Å². The van der Waals surface area contributed by atoms with Crippen LogP contribution in [0.1, 0.15) is 41.7 Å². The molecule has 0 heterocycles. The Morgan fingerprint density at radius 1 is 0.443 bits per heavy atom. The first-order chi connectivity index (χ1) is 29.9. The second-order valence-corrected chi connectivity index (χ2v) is 16.3. The molecule has 0 bridgehead atoms. The maximum atomic E-state index is 9.13. The third-order valence-electron chi connectivity index (χ3n) is 12.3. The van der Waals surface area contributed by atoms with Crippen LogP contribution in [0.25, 0.3) is 72.5 Å². The molecule has 0 spiro atoms. The molecule has 2 nitrogen and oxygen atoms in total. The van der Waals surface area contributed by atoms with E-state index in [-0.39, 0.29) is 11.3 Å². The number of hydrogen-bond donors (Lipinski definition) is 1. The molecule has 1 aliphatic carbocycles. The summed E-state index contributed by atoms with van der Waals surface area (Å²) in [5.74, 6) is 0.212. The maximum Gasteiger partial charge on any atom is 0.152 e. The number of hydrogen-bond acceptors (Lipinski definition) is 1. The molecule has 0 saturated heterocycles. The molecule has 9 aromatic carbocycles. The van der Waals surface area contributed by atoms with Gasteiger partial charge in [-0.2, -0.15) is 0 Å². The van der Waals surface area contributed by atoms with Gasteiger partial charge in [-0.05, 0) is 95.2 Å². The van der Waals surface area contributed by atoms with Crippen LogP contribution in [0, 0.1) is 5.41 Å². The van der Waals surface area contributed by atoms with E-state index < -0.39 is 0 Å². The van der Waals surface area contributed by atoms with E-state index >= 15 is 0 Å². The highest BCUT2D eigenvalue weighted by atomic mass is 14.8. The molecule has 0 radical (unpaired) electrons. The van der Waals surface area contributed by atoms with Crippen molar-refractivity contribution in [2.24, 2.45) is 4.99 Å². The Bertz CT molecular complexity index is 3140. The summed E-state index contributed by atoms with van der Waals surface area (Å²) < 4.78 is 0. The van der Waals surface area contributed by atoms with Crippen LogP contribution in [0.3, 0.4) is 0 Å². The monoisotopic (exact) mass is 780 g/mol. The number of benzene rings is 9. The van der Waals surface area contributed by atoms with Crippen molar-refractivity contribution in [2.75, 3.05) is 0 Å². The minimum atomic E-state index is -0.0373. The summed E-state index contributed by atoms with van der Waals surface area (Å²) in [5, 5.41) is 11.5. The van der Waals surface area contributed by atoms with Crippen molar-refractivity contribution in [1.82, 2.24) is 0 Å². The average Bonchev–Trinajstić information content (AvgIpc) is 3.56. The van der Waals surface area contributed by atoms with Gasteiger partial charge in [-0.25, -0.2) is 4.99 Å². The summed E-state index contributed by atoms with van der Waals surface area (Å²) in [6, 6.07) is 75.1. The molecule has 1 N–H and O–H groups in total. The predicted molar refractivity (Wildman–Crippen MR) is 259 cm³/mol. The number of allylic oxidation sites excluding steroid dienone is 1. The molecule has 0 amide bonds. The molecular weight excluding hydrogens is 737 g/mol. The quantitative estimate of drug-likeness (QED) is 0.118. The molecule has 0 aromatic heterocycles. The number of aliphatic imine (C=N–C) groups is 1. The van der Waals surface area contributed by atoms with E-state index in [9.17, 15) is 0 Å². The van der Waals surface area contributed by atoms with Gasteiger partial charge in [0.1, 0.15) is 0 Å². The number of fused-ring (bicyclic) bond motifs is 4. The first-order valence-electron chi connectivity index (χ1n) is 21.0. The van der Waals surface area contributed by atoms with E-state index in [2.05, 4.69) is 196 Å². The Kier molecular flexibility index (Phi) is 9.75. The highest BCUT2D eigenvalue weighted by molar-refractivity contribution is 6.20. The van der Waals surface area contributed by atoms with Crippen molar-refractivity contribution < 1.29 is 0 Å². The summed E-state index contributed by atoms with van der Waals surface area (Å²) in [6.45, 7) is 4.67. The van der Waals surface area contributed by atoms with Crippen LogP contribution in [0.4, 0.5) is 0 Å². The van der Waals surface area contributed by atoms with E-state index in [1.807, 2.05) is 42.5 Å². The molecule has 0 atom stereocenters. The molecule has 0 unspecified atom stereocenters. The summed E-state index contributed by atoms with van der Waals surface area (Å²) in [7, 11) is 0. The Morgan fingerprint density at radius 3 is 1.74 bits per heavy atom. The smallest absolute Gasteiger partial charge is 0.152 e. The van der Waals surface area contributed by atoms with Crippen LogP contribution >= 0.6 is 0 Å². The van der Waals surface area contributed by atoms with Crippen LogP contribution in [-0.4, -0.2) is 11.5 Å². The van der Waals surface area contributed by atoms with E-state index in [0.29, 0.717) is 0 Å². The van der Waals surface area contributed by atoms with E-state index in [4.69, 9.17) is 10.4 Å². The second-order valence-electron chi connectivity index (χ2n) is 16.3. The molecule has 61 heavy (non-hydrogen) atoms. The van der Waals surface area contributed by atoms with Gasteiger partial charge in [0.05, 0.1) is 5.71 Å². The fraction of sp³-hybridized carbons (Fsp3) is 0.0508. The minimum Gasteiger partial charge on any atom is -0.282 e. The Labute approximate surface area is 358 Å². The molecule has 0 saturated carbocycles. The zero-order chi connectivity index (χ0) is 41.3. The van der Waals surface area contributed by atoms with Gasteiger partial charge in [-0.3, -0.25) is 5.41 Å². The molecule has 0 aliphatic heterocycles. The van der Waals surface area contributed by atoms with Crippen LogP contribution in [-0.2, 0) is 5.41 Å². The topological polar surface area (TPSA) is 36.2 Å². The van der Waals surface area contributed by atoms with E-state index in [0.717, 1.165) is 50.0 Å². The van der Waals surface area contributed by atoms with E-state index in [1.54, 1.807) is 0 Å². The zero-order valence-corrected chi connectivity index (χ0v) is 34.3. The summed E-state index contributed by atoms with van der Waals surface area (Å²) in [4.78, 5) is 5.05. The standard InChI is InChI=1S/C59H44N2/c1-59(2)54-27-15-14-25-52(54)57-49(26-16-28-55(57)59)44-31-29-42(30-32-44)48-36-33-43(47-23-12-13-24-50(47)48)35-38-56(61-58(60)45-21-10-5-11-22-45)51-37-34-46(40-17-6-3-7-18-40)39-53(51)41-19-8-4-9-20-41/h3-39,60H,1-2H3/b38-35+,60-58?,61-56?. The zero-order valence-electron chi connectivity index (χ0n) is 34.3. The lowest BCUT2D eigenvalue weighted by Gasteiger charge is -2.21. The number of amidine groups is 1. The maximum absolute atomic E-state index is 9.13. The number of nitrogens with zero attached hydrogens (tertiary/aromatic N) is 1. The predicted octanol–water partition coefficient (Wildman–Crippen LogP) is 15.3. The molecule has 1 aliphatic rings. The second kappa shape index (κ2) is 15.8. The minimum absolute atomic E-state index is 0.0373. The molecule has 290 valence electrons. The van der Waals surface area contributed by atoms with Gasteiger partial charge >= 0.3 is 0 Å². The molecule has 9 aromatic rings. The van der Waals surface area contributed by atoms with Gasteiger partial charge < -0.3 is 0 Å². The Hall–Kier alpha value is -7.68. The van der Waals surface area contributed by atoms with Crippen molar-refractivity contribution in [2.45, 2.75) is 19.3 Å². The van der Waals surface area contributed by atoms with Gasteiger partial charge in [0.25, 0.3) is 0 Å². The molecule has 0 fully saturated rings. The highest BCUT2D eigenvalue weighted by Crippen LogP contribution is 2.52. The first-order valence-corrected chi connectivity index (χ1v) is 21.0. The summed E-state index contributed by atoms with van der Waals surface area (Å²) in [6.07, 6.45) is 4.23. The van der Waals surface area contributed by atoms with Gasteiger partial charge in [0.2, 0.25) is 0 Å². The van der Waals surface area contributed by atoms with Gasteiger partial charge in [0, 0.05) is 16.5 Å². The fourth-order valence-corrected chi connectivity index (χ4v) is 9.12. The van der Waals surface area contributed by atoms with Gasteiger partial charge in [0.15, 0.2) is 5.84 Å². The van der Waals surface area contributed by atoms with Gasteiger partial charge in [-0.15, -0.1) is 0 Å². The lowest BCUT2D eigenvalue weighted by atomic mass is 9.82. The van der Waals surface area contributed by atoms with Crippen molar-refractivity contribution >= 4 is 28.4 Å². The van der Waals surface area contributed by atoms with Crippen molar-refractivity contribution in [1.29, 1.82) is 5.41 Å². The third-order valence-corrected chi connectivity index (χ3v) is 12.3. The fourth-order valence-electron chi connectivity index (χ4n) is 9.12. The normalized spacial score (nSPS) is 13.0. The lowest BCUT2D eigenvalue weighted by Crippen LogP contribution is -2.14. The summed E-state index contributed by atoms with van der Waals surface area (Å²) >= 11 is 0. The van der Waals surface area contributed by atoms with E-state index in [1.165, 1.54) is 49.9 Å². The van der Waals surface area contributed by atoms with Crippen molar-refractivity contribution in [3.05, 3.63) is 246 Å². The largest absolute Gasteiger partial charge is 0.282 e. The van der Waals surface area contributed by atoms with Crippen LogP contribution < -0.4 is 0 Å². The third kappa shape index (κ3) is 7.03. The van der Waals surface area contributed by atoms with Crippen LogP contribution in [0.15, 0.2) is 223 Å². The molecule has 2 heteroatoms. The molecular formula is C59H44N2. The summed E-state index contributed by atoms with van der Waals surface area (Å²) in [5.41, 5.74) is 18.2. The Morgan fingerprint density at radius 2 is 1.00 bits per heavy atom. The van der Waals surface area contributed by atoms with Crippen LogP contribution in [0.2, 0.25) is 0 Å². The average molecular weight is 781 g/mol. The Balaban J connectivity index is 1.04. The SMILES string of the molecule is CC1(C)c2ccccc2-c2c(-c3ccc(-c4ccc(/C=C/C(=NC(=N)c5ccccc5)c5ccc(-c6ccccc6)cc5-c5ccccc5)c5ccccc45)cc3)cccc21. The number of rotatable bonds is 8. The number of nitrogens with one attached hydrogen (secondary N) is 1. The van der Waals surface area contributed by atoms with Crippen molar-refractivity contribution in [3.8, 4) is 55.6 Å².